The van der Waals surface area contributed by atoms with Crippen molar-refractivity contribution in [3.8, 4) is 12.3 Å². The molecule has 0 saturated carbocycles. The predicted molar refractivity (Wildman–Crippen MR) is 81.1 cm³/mol. The van der Waals surface area contributed by atoms with Gasteiger partial charge >= 0.3 is 12.0 Å². The summed E-state index contributed by atoms with van der Waals surface area (Å²) >= 11 is 6.11. The van der Waals surface area contributed by atoms with E-state index in [1.807, 2.05) is 19.1 Å². The van der Waals surface area contributed by atoms with Gasteiger partial charge < -0.3 is 14.9 Å². The first kappa shape index (κ1) is 16.9. The zero-order valence-corrected chi connectivity index (χ0v) is 12.7. The van der Waals surface area contributed by atoms with E-state index >= 15 is 0 Å². The number of carbonyl (C=O) groups excluding carboxylic acids is 1. The highest BCUT2D eigenvalue weighted by Crippen LogP contribution is 2.26. The minimum atomic E-state index is -1.11. The van der Waals surface area contributed by atoms with Crippen molar-refractivity contribution >= 4 is 23.6 Å². The molecule has 5 nitrogen and oxygen atoms in total. The zero-order chi connectivity index (χ0) is 16.0. The molecule has 0 aliphatic rings. The number of urea groups is 1. The van der Waals surface area contributed by atoms with Crippen LogP contribution in [-0.2, 0) is 4.79 Å². The fourth-order valence-electron chi connectivity index (χ4n) is 1.88. The quantitative estimate of drug-likeness (QED) is 0.850. The van der Waals surface area contributed by atoms with Crippen LogP contribution in [-0.4, -0.2) is 47.0 Å². The Labute approximate surface area is 129 Å². The zero-order valence-electron chi connectivity index (χ0n) is 11.9. The summed E-state index contributed by atoms with van der Waals surface area (Å²) in [5.41, 5.74) is 0.783. The number of halogens is 1. The lowest BCUT2D eigenvalue weighted by Gasteiger charge is -2.30. The summed E-state index contributed by atoms with van der Waals surface area (Å²) < 4.78 is 0. The average Bonchev–Trinajstić information content (AvgIpc) is 2.44. The molecule has 0 spiro atoms. The Morgan fingerprint density at radius 3 is 2.57 bits per heavy atom. The van der Waals surface area contributed by atoms with E-state index in [4.69, 9.17) is 23.1 Å². The molecule has 0 heterocycles. The van der Waals surface area contributed by atoms with Gasteiger partial charge in [0.1, 0.15) is 6.54 Å². The fraction of sp³-hybridized carbons (Fsp3) is 0.333. The summed E-state index contributed by atoms with van der Waals surface area (Å²) in [5.74, 6) is 1.17. The molecule has 1 aromatic carbocycles. The maximum Gasteiger partial charge on any atom is 0.323 e. The van der Waals surface area contributed by atoms with Crippen molar-refractivity contribution in [2.75, 3.05) is 20.1 Å². The van der Waals surface area contributed by atoms with Crippen molar-refractivity contribution in [1.82, 2.24) is 9.80 Å². The van der Waals surface area contributed by atoms with Gasteiger partial charge in [-0.15, -0.1) is 6.42 Å². The molecule has 1 N–H and O–H groups in total. The lowest BCUT2D eigenvalue weighted by molar-refractivity contribution is -0.137. The van der Waals surface area contributed by atoms with Gasteiger partial charge in [-0.3, -0.25) is 4.79 Å². The lowest BCUT2D eigenvalue weighted by Crippen LogP contribution is -2.44. The second-order valence-electron chi connectivity index (χ2n) is 4.54. The Morgan fingerprint density at radius 1 is 1.43 bits per heavy atom. The third-order valence-corrected chi connectivity index (χ3v) is 3.46. The summed E-state index contributed by atoms with van der Waals surface area (Å²) in [6.45, 7) is 1.31. The fourth-order valence-corrected chi connectivity index (χ4v) is 2.17. The van der Waals surface area contributed by atoms with E-state index in [2.05, 4.69) is 5.92 Å². The van der Waals surface area contributed by atoms with Crippen LogP contribution in [0.2, 0.25) is 5.02 Å². The van der Waals surface area contributed by atoms with Crippen molar-refractivity contribution in [2.45, 2.75) is 13.0 Å². The number of carbonyl (C=O) groups is 2. The van der Waals surface area contributed by atoms with Crippen LogP contribution in [0.25, 0.3) is 0 Å². The molecule has 0 aliphatic heterocycles. The van der Waals surface area contributed by atoms with Gasteiger partial charge in [0.15, 0.2) is 0 Å². The minimum Gasteiger partial charge on any atom is -0.480 e. The van der Waals surface area contributed by atoms with Gasteiger partial charge in [0.05, 0.1) is 12.6 Å². The highest BCUT2D eigenvalue weighted by atomic mass is 35.5. The Hall–Kier alpha value is -2.19. The Balaban J connectivity index is 2.92. The van der Waals surface area contributed by atoms with Crippen LogP contribution >= 0.6 is 11.6 Å². The van der Waals surface area contributed by atoms with Gasteiger partial charge in [0.25, 0.3) is 0 Å². The second kappa shape index (κ2) is 7.55. The number of rotatable bonds is 5. The van der Waals surface area contributed by atoms with Crippen molar-refractivity contribution in [3.05, 3.63) is 34.9 Å². The molecule has 112 valence electrons. The normalized spacial score (nSPS) is 11.3. The molecule has 1 atom stereocenters. The number of carboxylic acid groups (broad SMARTS) is 1. The molecule has 1 aromatic rings. The van der Waals surface area contributed by atoms with Gasteiger partial charge in [0.2, 0.25) is 0 Å². The van der Waals surface area contributed by atoms with Gasteiger partial charge in [-0.1, -0.05) is 35.7 Å². The van der Waals surface area contributed by atoms with Gasteiger partial charge in [-0.05, 0) is 18.6 Å². The van der Waals surface area contributed by atoms with E-state index in [1.165, 1.54) is 4.90 Å². The van der Waals surface area contributed by atoms with Gasteiger partial charge in [0, 0.05) is 12.1 Å². The van der Waals surface area contributed by atoms with Crippen molar-refractivity contribution in [2.24, 2.45) is 0 Å². The number of aliphatic carboxylic acids is 1. The van der Waals surface area contributed by atoms with E-state index in [0.29, 0.717) is 5.02 Å². The molecule has 1 rings (SSSR count). The number of hydrogen-bond acceptors (Lipinski definition) is 2. The molecule has 1 unspecified atom stereocenters. The average molecular weight is 309 g/mol. The molecule has 0 fully saturated rings. The topological polar surface area (TPSA) is 60.9 Å². The summed E-state index contributed by atoms with van der Waals surface area (Å²) in [5, 5.41) is 9.39. The van der Waals surface area contributed by atoms with Gasteiger partial charge in [-0.2, -0.15) is 0 Å². The Kier molecular flexibility index (Phi) is 6.07. The van der Waals surface area contributed by atoms with Crippen molar-refractivity contribution < 1.29 is 14.7 Å². The molecule has 0 radical (unpaired) electrons. The molecule has 2 amide bonds. The van der Waals surface area contributed by atoms with Crippen molar-refractivity contribution in [1.29, 1.82) is 0 Å². The Bertz CT molecular complexity index is 568. The van der Waals surface area contributed by atoms with E-state index in [-0.39, 0.29) is 12.6 Å². The molecule has 0 saturated heterocycles. The number of carboxylic acids is 1. The summed E-state index contributed by atoms with van der Waals surface area (Å²) in [7, 11) is 1.59. The molecular weight excluding hydrogens is 292 g/mol. The highest BCUT2D eigenvalue weighted by Gasteiger charge is 2.24. The van der Waals surface area contributed by atoms with E-state index < -0.39 is 18.5 Å². The third-order valence-electron chi connectivity index (χ3n) is 3.12. The largest absolute Gasteiger partial charge is 0.480 e. The van der Waals surface area contributed by atoms with Crippen LogP contribution in [0, 0.1) is 12.3 Å². The standard InChI is InChI=1S/C15H17ClN2O3/c1-4-9-18(10-14(19)20)15(21)17(3)11(2)12-7-5-6-8-13(12)16/h1,5-8,11H,9-10H2,2-3H3,(H,19,20). The maximum atomic E-state index is 12.3. The first-order valence-electron chi connectivity index (χ1n) is 6.30. The van der Waals surface area contributed by atoms with Crippen LogP contribution < -0.4 is 0 Å². The van der Waals surface area contributed by atoms with Crippen LogP contribution in [0.4, 0.5) is 4.79 Å². The second-order valence-corrected chi connectivity index (χ2v) is 4.95. The van der Waals surface area contributed by atoms with Crippen LogP contribution in [0.3, 0.4) is 0 Å². The number of nitrogens with zero attached hydrogens (tertiary/aromatic N) is 2. The summed E-state index contributed by atoms with van der Waals surface area (Å²) in [4.78, 5) is 25.7. The summed E-state index contributed by atoms with van der Waals surface area (Å²) in [6.07, 6.45) is 5.18. The predicted octanol–water partition coefficient (Wildman–Crippen LogP) is 2.47. The molecule has 6 heteroatoms. The maximum absolute atomic E-state index is 12.3. The monoisotopic (exact) mass is 308 g/mol. The Morgan fingerprint density at radius 2 is 2.05 bits per heavy atom. The first-order valence-corrected chi connectivity index (χ1v) is 6.67. The van der Waals surface area contributed by atoms with Gasteiger partial charge in [-0.25, -0.2) is 4.79 Å². The number of terminal acetylenes is 1. The van der Waals surface area contributed by atoms with Crippen LogP contribution in [0.5, 0.6) is 0 Å². The molecular formula is C15H17ClN2O3. The number of hydrogen-bond donors (Lipinski definition) is 1. The molecule has 0 aromatic heterocycles. The first-order chi connectivity index (χ1) is 9.88. The molecule has 21 heavy (non-hydrogen) atoms. The van der Waals surface area contributed by atoms with E-state index in [0.717, 1.165) is 10.5 Å². The van der Waals surface area contributed by atoms with Crippen LogP contribution in [0.1, 0.15) is 18.5 Å². The lowest BCUT2D eigenvalue weighted by atomic mass is 10.1. The highest BCUT2D eigenvalue weighted by molar-refractivity contribution is 6.31. The molecule has 0 aliphatic carbocycles. The smallest absolute Gasteiger partial charge is 0.323 e. The van der Waals surface area contributed by atoms with Crippen molar-refractivity contribution in [3.63, 3.8) is 0 Å². The number of benzene rings is 1. The number of amides is 2. The van der Waals surface area contributed by atoms with E-state index in [9.17, 15) is 9.59 Å². The van der Waals surface area contributed by atoms with Crippen LogP contribution in [0.15, 0.2) is 24.3 Å². The third kappa shape index (κ3) is 4.40. The van der Waals surface area contributed by atoms with E-state index in [1.54, 1.807) is 19.2 Å². The SMILES string of the molecule is C#CCN(CC(=O)O)C(=O)N(C)C(C)c1ccccc1Cl. The summed E-state index contributed by atoms with van der Waals surface area (Å²) in [6, 6.07) is 6.42. The molecule has 0 bridgehead atoms. The minimum absolute atomic E-state index is 0.0648.